The molecule has 0 aromatic rings. The third-order valence-electron chi connectivity index (χ3n) is 3.99. The zero-order valence-corrected chi connectivity index (χ0v) is 13.9. The van der Waals surface area contributed by atoms with Crippen LogP contribution in [-0.2, 0) is 14.6 Å². The van der Waals surface area contributed by atoms with Gasteiger partial charge in [0.15, 0.2) is 9.84 Å². The number of carbonyl (C=O) groups excluding carboxylic acids is 1. The van der Waals surface area contributed by atoms with E-state index >= 15 is 0 Å². The fraction of sp³-hybridized carbons (Fsp3) is 0.929. The second-order valence-electron chi connectivity index (χ2n) is 6.27. The van der Waals surface area contributed by atoms with E-state index in [2.05, 4.69) is 19.0 Å². The minimum absolute atomic E-state index is 0.232. The maximum absolute atomic E-state index is 12.0. The van der Waals surface area contributed by atoms with E-state index < -0.39 is 15.1 Å². The molecule has 1 heterocycles. The number of piperidine rings is 1. The summed E-state index contributed by atoms with van der Waals surface area (Å²) in [5.74, 6) is 0.0837. The van der Waals surface area contributed by atoms with Gasteiger partial charge in [-0.25, -0.2) is 8.42 Å². The minimum Gasteiger partial charge on any atom is -0.342 e. The van der Waals surface area contributed by atoms with Crippen molar-refractivity contribution in [3.8, 4) is 0 Å². The molecule has 0 aromatic heterocycles. The first-order valence-electron chi connectivity index (χ1n) is 7.36. The zero-order chi connectivity index (χ0) is 15.3. The lowest BCUT2D eigenvalue weighted by atomic mass is 9.93. The van der Waals surface area contributed by atoms with Gasteiger partial charge in [-0.05, 0) is 59.7 Å². The first kappa shape index (κ1) is 17.4. The Labute approximate surface area is 123 Å². The number of likely N-dealkylation sites (tertiary alicyclic amines) is 1. The summed E-state index contributed by atoms with van der Waals surface area (Å²) >= 11 is 0. The Morgan fingerprint density at radius 1 is 1.25 bits per heavy atom. The number of sulfone groups is 1. The molecule has 118 valence electrons. The summed E-state index contributed by atoms with van der Waals surface area (Å²) in [5, 5.41) is -0.482. The van der Waals surface area contributed by atoms with Gasteiger partial charge >= 0.3 is 0 Å². The molecule has 6 heteroatoms. The highest BCUT2D eigenvalue weighted by atomic mass is 32.2. The molecule has 1 aliphatic rings. The largest absolute Gasteiger partial charge is 0.342 e. The van der Waals surface area contributed by atoms with Crippen molar-refractivity contribution in [1.82, 2.24) is 9.80 Å². The molecule has 1 amide bonds. The van der Waals surface area contributed by atoms with Crippen molar-refractivity contribution in [3.63, 3.8) is 0 Å². The molecule has 0 spiro atoms. The molecule has 0 unspecified atom stereocenters. The highest BCUT2D eigenvalue weighted by molar-refractivity contribution is 7.92. The van der Waals surface area contributed by atoms with E-state index in [1.54, 1.807) is 18.7 Å². The summed E-state index contributed by atoms with van der Waals surface area (Å²) in [6.07, 6.45) is 3.13. The molecule has 1 rings (SSSR count). The van der Waals surface area contributed by atoms with Crippen molar-refractivity contribution in [3.05, 3.63) is 0 Å². The van der Waals surface area contributed by atoms with Gasteiger partial charge in [-0.1, -0.05) is 0 Å². The fourth-order valence-electron chi connectivity index (χ4n) is 2.34. The van der Waals surface area contributed by atoms with Crippen LogP contribution in [0.1, 0.15) is 33.1 Å². The topological polar surface area (TPSA) is 57.7 Å². The van der Waals surface area contributed by atoms with Crippen LogP contribution in [0.3, 0.4) is 0 Å². The second kappa shape index (κ2) is 7.41. The normalized spacial score (nSPS) is 18.0. The molecule has 1 aliphatic heterocycles. The molecule has 1 fully saturated rings. The van der Waals surface area contributed by atoms with Gasteiger partial charge in [0.1, 0.15) is 5.75 Å². The standard InChI is InChI=1S/C14H28N2O3S/c1-12(2)20(18,19)11-14(17)16-9-6-13(7-10-16)5-8-15(3)4/h12-13H,5-11H2,1-4H3. The SMILES string of the molecule is CC(C)S(=O)(=O)CC(=O)N1CCC(CCN(C)C)CC1. The third-order valence-corrected chi connectivity index (χ3v) is 6.08. The van der Waals surface area contributed by atoms with Gasteiger partial charge in [0.25, 0.3) is 0 Å². The van der Waals surface area contributed by atoms with E-state index in [1.165, 1.54) is 0 Å². The van der Waals surface area contributed by atoms with E-state index in [0.29, 0.717) is 19.0 Å². The quantitative estimate of drug-likeness (QED) is 0.734. The van der Waals surface area contributed by atoms with E-state index in [9.17, 15) is 13.2 Å². The number of rotatable bonds is 6. The molecule has 0 N–H and O–H groups in total. The smallest absolute Gasteiger partial charge is 0.237 e. The highest BCUT2D eigenvalue weighted by Crippen LogP contribution is 2.21. The van der Waals surface area contributed by atoms with E-state index in [1.807, 2.05) is 0 Å². The fourth-order valence-corrected chi connectivity index (χ4v) is 3.20. The summed E-state index contributed by atoms with van der Waals surface area (Å²) in [4.78, 5) is 15.9. The molecular weight excluding hydrogens is 276 g/mol. The average molecular weight is 304 g/mol. The number of nitrogens with zero attached hydrogens (tertiary/aromatic N) is 2. The van der Waals surface area contributed by atoms with Crippen molar-refractivity contribution >= 4 is 15.7 Å². The van der Waals surface area contributed by atoms with Gasteiger partial charge < -0.3 is 9.80 Å². The van der Waals surface area contributed by atoms with Crippen LogP contribution in [0.15, 0.2) is 0 Å². The predicted molar refractivity (Wildman–Crippen MR) is 81.4 cm³/mol. The van der Waals surface area contributed by atoms with Gasteiger partial charge in [0.2, 0.25) is 5.91 Å². The van der Waals surface area contributed by atoms with Gasteiger partial charge in [-0.2, -0.15) is 0 Å². The Kier molecular flexibility index (Phi) is 6.45. The van der Waals surface area contributed by atoms with Crippen LogP contribution in [0.4, 0.5) is 0 Å². The third kappa shape index (κ3) is 5.40. The van der Waals surface area contributed by atoms with E-state index in [4.69, 9.17) is 0 Å². The summed E-state index contributed by atoms with van der Waals surface area (Å²) in [7, 11) is 0.850. The summed E-state index contributed by atoms with van der Waals surface area (Å²) in [6.45, 7) is 5.71. The maximum Gasteiger partial charge on any atom is 0.237 e. The lowest BCUT2D eigenvalue weighted by Gasteiger charge is -2.32. The lowest BCUT2D eigenvalue weighted by molar-refractivity contribution is -0.129. The summed E-state index contributed by atoms with van der Waals surface area (Å²) < 4.78 is 23.5. The Balaban J connectivity index is 2.40. The summed E-state index contributed by atoms with van der Waals surface area (Å²) in [6, 6.07) is 0. The number of hydrogen-bond acceptors (Lipinski definition) is 4. The van der Waals surface area contributed by atoms with Crippen LogP contribution in [0.25, 0.3) is 0 Å². The van der Waals surface area contributed by atoms with Crippen molar-refractivity contribution in [2.45, 2.75) is 38.4 Å². The molecule has 0 aliphatic carbocycles. The Bertz CT molecular complexity index is 410. The number of amides is 1. The molecule has 0 radical (unpaired) electrons. The van der Waals surface area contributed by atoms with Crippen molar-refractivity contribution in [2.75, 3.05) is 39.5 Å². The van der Waals surface area contributed by atoms with Gasteiger partial charge in [-0.3, -0.25) is 4.79 Å². The summed E-state index contributed by atoms with van der Waals surface area (Å²) in [5.41, 5.74) is 0. The number of hydrogen-bond donors (Lipinski definition) is 0. The van der Waals surface area contributed by atoms with Crippen LogP contribution in [0.2, 0.25) is 0 Å². The monoisotopic (exact) mass is 304 g/mol. The minimum atomic E-state index is -3.28. The van der Waals surface area contributed by atoms with Crippen LogP contribution >= 0.6 is 0 Å². The van der Waals surface area contributed by atoms with E-state index in [0.717, 1.165) is 25.8 Å². The first-order valence-corrected chi connectivity index (χ1v) is 9.08. The maximum atomic E-state index is 12.0. The Hall–Kier alpha value is -0.620. The second-order valence-corrected chi connectivity index (χ2v) is 8.83. The number of carbonyl (C=O) groups is 1. The predicted octanol–water partition coefficient (Wildman–Crippen LogP) is 1.000. The van der Waals surface area contributed by atoms with Crippen molar-refractivity contribution in [2.24, 2.45) is 5.92 Å². The molecule has 0 saturated carbocycles. The first-order chi connectivity index (χ1) is 9.22. The average Bonchev–Trinajstić information content (AvgIpc) is 2.36. The van der Waals surface area contributed by atoms with Crippen molar-refractivity contribution < 1.29 is 13.2 Å². The van der Waals surface area contributed by atoms with Crippen LogP contribution < -0.4 is 0 Å². The van der Waals surface area contributed by atoms with Gasteiger partial charge in [-0.15, -0.1) is 0 Å². The zero-order valence-electron chi connectivity index (χ0n) is 13.1. The van der Waals surface area contributed by atoms with E-state index in [-0.39, 0.29) is 11.7 Å². The molecular formula is C14H28N2O3S. The molecule has 0 aromatic carbocycles. The molecule has 1 saturated heterocycles. The molecule has 0 atom stereocenters. The molecule has 5 nitrogen and oxygen atoms in total. The molecule has 0 bridgehead atoms. The Morgan fingerprint density at radius 2 is 1.80 bits per heavy atom. The highest BCUT2D eigenvalue weighted by Gasteiger charge is 2.27. The van der Waals surface area contributed by atoms with Crippen LogP contribution in [0.5, 0.6) is 0 Å². The van der Waals surface area contributed by atoms with Crippen molar-refractivity contribution in [1.29, 1.82) is 0 Å². The Morgan fingerprint density at radius 3 is 2.25 bits per heavy atom. The van der Waals surface area contributed by atoms with Gasteiger partial charge in [0, 0.05) is 13.1 Å². The van der Waals surface area contributed by atoms with Gasteiger partial charge in [0.05, 0.1) is 5.25 Å². The van der Waals surface area contributed by atoms with Crippen LogP contribution in [0, 0.1) is 5.92 Å². The lowest BCUT2D eigenvalue weighted by Crippen LogP contribution is -2.42. The van der Waals surface area contributed by atoms with Crippen LogP contribution in [-0.4, -0.2) is 68.9 Å². The molecule has 20 heavy (non-hydrogen) atoms.